The highest BCUT2D eigenvalue weighted by atomic mass is 16.5. The Morgan fingerprint density at radius 2 is 1.34 bits per heavy atom. The highest BCUT2D eigenvalue weighted by Gasteiger charge is 2.13. The molecule has 0 aliphatic rings. The topological polar surface area (TPSA) is 79.0 Å². The van der Waals surface area contributed by atoms with E-state index in [1.54, 1.807) is 28.7 Å². The Hall–Kier alpha value is -4.00. The van der Waals surface area contributed by atoms with Crippen LogP contribution in [0.25, 0.3) is 0 Å². The summed E-state index contributed by atoms with van der Waals surface area (Å²) >= 11 is 0. The molecule has 4 aromatic rings. The van der Waals surface area contributed by atoms with Crippen LogP contribution in [0.15, 0.2) is 73.1 Å². The van der Waals surface area contributed by atoms with Gasteiger partial charge in [-0.15, -0.1) is 0 Å². The van der Waals surface area contributed by atoms with E-state index in [1.165, 1.54) is 12.7 Å². The summed E-state index contributed by atoms with van der Waals surface area (Å²) < 4.78 is 8.22. The molecular formula is C25H26N4O3. The van der Waals surface area contributed by atoms with Crippen LogP contribution in [0.4, 0.5) is 0 Å². The predicted molar refractivity (Wildman–Crippen MR) is 122 cm³/mol. The van der Waals surface area contributed by atoms with Crippen molar-refractivity contribution in [3.8, 4) is 0 Å². The lowest BCUT2D eigenvalue weighted by atomic mass is 10.2. The van der Waals surface area contributed by atoms with E-state index in [0.717, 1.165) is 17.5 Å². The fourth-order valence-corrected chi connectivity index (χ4v) is 3.18. The zero-order valence-corrected chi connectivity index (χ0v) is 18.4. The molecule has 164 valence electrons. The second kappa shape index (κ2) is 10.9. The number of aromatic nitrogens is 4. The highest BCUT2D eigenvalue weighted by Crippen LogP contribution is 2.09. The number of hydrogen-bond acceptors (Lipinski definition) is 5. The van der Waals surface area contributed by atoms with Crippen molar-refractivity contribution in [1.82, 2.24) is 19.6 Å². The molecule has 0 bridgehead atoms. The van der Waals surface area contributed by atoms with Crippen molar-refractivity contribution in [2.24, 2.45) is 0 Å². The van der Waals surface area contributed by atoms with Gasteiger partial charge in [-0.2, -0.15) is 10.2 Å². The van der Waals surface area contributed by atoms with Crippen molar-refractivity contribution in [2.75, 3.05) is 7.11 Å². The molecule has 32 heavy (non-hydrogen) atoms. The largest absolute Gasteiger partial charge is 0.465 e. The fourth-order valence-electron chi connectivity index (χ4n) is 3.18. The van der Waals surface area contributed by atoms with E-state index in [1.807, 2.05) is 67.6 Å². The molecule has 0 atom stereocenters. The molecule has 0 radical (unpaired) electrons. The molecule has 0 aliphatic carbocycles. The van der Waals surface area contributed by atoms with Crippen molar-refractivity contribution >= 4 is 12.3 Å². The maximum absolute atomic E-state index is 11.4. The van der Waals surface area contributed by atoms with E-state index in [2.05, 4.69) is 14.9 Å². The molecule has 0 saturated heterocycles. The van der Waals surface area contributed by atoms with Crippen molar-refractivity contribution in [1.29, 1.82) is 0 Å². The molecular weight excluding hydrogens is 404 g/mol. The van der Waals surface area contributed by atoms with E-state index >= 15 is 0 Å². The van der Waals surface area contributed by atoms with Crippen molar-refractivity contribution in [2.45, 2.75) is 26.9 Å². The predicted octanol–water partition coefficient (Wildman–Crippen LogP) is 4.08. The lowest BCUT2D eigenvalue weighted by Gasteiger charge is -2.00. The first-order valence-corrected chi connectivity index (χ1v) is 10.2. The molecule has 7 heteroatoms. The van der Waals surface area contributed by atoms with E-state index in [9.17, 15) is 9.59 Å². The number of ether oxygens (including phenoxy) is 1. The van der Waals surface area contributed by atoms with Gasteiger partial charge in [-0.1, -0.05) is 60.7 Å². The Balaban J connectivity index is 0.000000182. The summed E-state index contributed by atoms with van der Waals surface area (Å²) in [6.07, 6.45) is 4.33. The number of hydrogen-bond donors (Lipinski definition) is 0. The zero-order valence-electron chi connectivity index (χ0n) is 18.4. The van der Waals surface area contributed by atoms with Crippen LogP contribution in [0.1, 0.15) is 43.2 Å². The second-order valence-electron chi connectivity index (χ2n) is 7.27. The number of carbonyl (C=O) groups is 2. The lowest BCUT2D eigenvalue weighted by Crippen LogP contribution is -2.01. The molecule has 0 fully saturated rings. The van der Waals surface area contributed by atoms with Gasteiger partial charge in [0.25, 0.3) is 0 Å². The van der Waals surface area contributed by atoms with Crippen molar-refractivity contribution in [3.63, 3.8) is 0 Å². The minimum Gasteiger partial charge on any atom is -0.465 e. The van der Waals surface area contributed by atoms with Crippen LogP contribution in [0, 0.1) is 13.8 Å². The summed E-state index contributed by atoms with van der Waals surface area (Å²) in [6, 6.07) is 20.0. The van der Waals surface area contributed by atoms with Gasteiger partial charge in [0.1, 0.15) is 5.56 Å². The molecule has 2 heterocycles. The molecule has 0 saturated carbocycles. The van der Waals surface area contributed by atoms with Gasteiger partial charge in [0.2, 0.25) is 0 Å². The Morgan fingerprint density at radius 3 is 1.81 bits per heavy atom. The Kier molecular flexibility index (Phi) is 7.70. The van der Waals surface area contributed by atoms with E-state index in [4.69, 9.17) is 0 Å². The Morgan fingerprint density at radius 1 is 0.844 bits per heavy atom. The normalized spacial score (nSPS) is 10.2. The third-order valence-electron chi connectivity index (χ3n) is 4.84. The van der Waals surface area contributed by atoms with Crippen LogP contribution in [0.5, 0.6) is 0 Å². The average molecular weight is 431 g/mol. The van der Waals surface area contributed by atoms with E-state index in [-0.39, 0.29) is 5.97 Å². The van der Waals surface area contributed by atoms with Crippen LogP contribution < -0.4 is 0 Å². The number of carbonyl (C=O) groups excluding carboxylic acids is 2. The maximum atomic E-state index is 11.4. The number of benzene rings is 2. The number of methoxy groups -OCH3 is 1. The van der Waals surface area contributed by atoms with Crippen LogP contribution in [-0.4, -0.2) is 38.9 Å². The van der Waals surface area contributed by atoms with Gasteiger partial charge in [-0.05, 0) is 25.0 Å². The Labute approximate surface area is 187 Å². The van der Waals surface area contributed by atoms with E-state index in [0.29, 0.717) is 29.9 Å². The molecule has 0 aliphatic heterocycles. The summed E-state index contributed by atoms with van der Waals surface area (Å²) in [5, 5.41) is 8.55. The number of esters is 1. The first-order chi connectivity index (χ1) is 15.5. The number of rotatable bonds is 6. The van der Waals surface area contributed by atoms with Crippen molar-refractivity contribution < 1.29 is 14.3 Å². The minimum absolute atomic E-state index is 0.346. The molecule has 4 rings (SSSR count). The van der Waals surface area contributed by atoms with Gasteiger partial charge in [0.05, 0.1) is 37.2 Å². The molecule has 0 N–H and O–H groups in total. The van der Waals surface area contributed by atoms with Gasteiger partial charge in [0, 0.05) is 12.4 Å². The zero-order chi connectivity index (χ0) is 22.9. The second-order valence-corrected chi connectivity index (χ2v) is 7.27. The summed E-state index contributed by atoms with van der Waals surface area (Å²) in [5.74, 6) is -0.346. The average Bonchev–Trinajstić information content (AvgIpc) is 3.36. The first kappa shape index (κ1) is 22.7. The van der Waals surface area contributed by atoms with Crippen LogP contribution in [0.2, 0.25) is 0 Å². The van der Waals surface area contributed by atoms with Gasteiger partial charge < -0.3 is 4.74 Å². The monoisotopic (exact) mass is 430 g/mol. The van der Waals surface area contributed by atoms with Gasteiger partial charge in [0.15, 0.2) is 6.29 Å². The molecule has 2 aromatic heterocycles. The Bertz CT molecular complexity index is 1160. The highest BCUT2D eigenvalue weighted by molar-refractivity contribution is 5.90. The molecule has 0 spiro atoms. The first-order valence-electron chi connectivity index (χ1n) is 10.2. The van der Waals surface area contributed by atoms with Crippen LogP contribution >= 0.6 is 0 Å². The number of nitrogens with zero attached hydrogens (tertiary/aromatic N) is 4. The lowest BCUT2D eigenvalue weighted by molar-refractivity contribution is 0.0599. The molecule has 0 amide bonds. The number of aldehydes is 1. The molecule has 7 nitrogen and oxygen atoms in total. The maximum Gasteiger partial charge on any atom is 0.341 e. The summed E-state index contributed by atoms with van der Waals surface area (Å²) in [6.45, 7) is 4.99. The molecule has 2 aromatic carbocycles. The van der Waals surface area contributed by atoms with Crippen LogP contribution in [-0.2, 0) is 17.8 Å². The summed E-state index contributed by atoms with van der Waals surface area (Å²) in [4.78, 5) is 22.1. The van der Waals surface area contributed by atoms with Crippen molar-refractivity contribution in [3.05, 3.63) is 107 Å². The van der Waals surface area contributed by atoms with E-state index < -0.39 is 0 Å². The van der Waals surface area contributed by atoms with Gasteiger partial charge >= 0.3 is 5.97 Å². The van der Waals surface area contributed by atoms with Crippen LogP contribution in [0.3, 0.4) is 0 Å². The fraction of sp³-hybridized carbons (Fsp3) is 0.200. The quantitative estimate of drug-likeness (QED) is 0.340. The third kappa shape index (κ3) is 6.01. The smallest absolute Gasteiger partial charge is 0.341 e. The third-order valence-corrected chi connectivity index (χ3v) is 4.84. The number of aryl methyl sites for hydroxylation is 2. The van der Waals surface area contributed by atoms with Gasteiger partial charge in [-0.3, -0.25) is 14.2 Å². The minimum atomic E-state index is -0.346. The van der Waals surface area contributed by atoms with Gasteiger partial charge in [-0.25, -0.2) is 4.79 Å². The summed E-state index contributed by atoms with van der Waals surface area (Å²) in [5.41, 5.74) is 4.96. The summed E-state index contributed by atoms with van der Waals surface area (Å²) in [7, 11) is 1.37. The molecule has 0 unspecified atom stereocenters. The SMILES string of the molecule is COC(=O)c1cn(Cc2ccccc2)nc1C.Cc1nn(Cc2ccccc2)cc1C=O. The standard InChI is InChI=1S/C13H14N2O2.C12H12N2O/c1-10-12(13(16)17-2)9-15(14-10)8-11-6-4-3-5-7-11;1-10-12(9-15)8-14(13-10)7-11-5-3-2-4-6-11/h3-7,9H,8H2,1-2H3;2-6,8-9H,7H2,1H3.